The zero-order valence-electron chi connectivity index (χ0n) is 16.1. The molecule has 1 aromatic carbocycles. The molecule has 146 valence electrons. The molecule has 0 atom stereocenters. The van der Waals surface area contributed by atoms with Crippen molar-refractivity contribution in [1.82, 2.24) is 19.9 Å². The molecular formula is C23H27ClN4. The molecule has 1 N–H and O–H groups in total. The number of hydrogen-bond acceptors (Lipinski definition) is 3. The van der Waals surface area contributed by atoms with Crippen LogP contribution in [0.2, 0.25) is 5.02 Å². The summed E-state index contributed by atoms with van der Waals surface area (Å²) >= 11 is 6.66. The van der Waals surface area contributed by atoms with Gasteiger partial charge >= 0.3 is 0 Å². The predicted octanol–water partition coefficient (Wildman–Crippen LogP) is 5.15. The molecule has 4 nitrogen and oxygen atoms in total. The summed E-state index contributed by atoms with van der Waals surface area (Å²) in [5, 5.41) is 13.2. The Morgan fingerprint density at radius 2 is 1.75 bits per heavy atom. The first kappa shape index (κ1) is 18.1. The topological polar surface area (TPSA) is 42.2 Å². The van der Waals surface area contributed by atoms with Gasteiger partial charge in [-0.2, -0.15) is 0 Å². The third-order valence-electron chi connectivity index (χ3n) is 6.42. The largest absolute Gasteiger partial charge is 0.310 e. The minimum Gasteiger partial charge on any atom is -0.310 e. The lowest BCUT2D eigenvalue weighted by atomic mass is 9.82. The lowest BCUT2D eigenvalue weighted by Crippen LogP contribution is -2.32. The first-order valence-corrected chi connectivity index (χ1v) is 10.9. The normalized spacial score (nSPS) is 22.6. The van der Waals surface area contributed by atoms with E-state index in [1.54, 1.807) is 0 Å². The maximum atomic E-state index is 6.66. The highest BCUT2D eigenvalue weighted by Crippen LogP contribution is 2.34. The molecule has 28 heavy (non-hydrogen) atoms. The van der Waals surface area contributed by atoms with Gasteiger partial charge < -0.3 is 5.32 Å². The van der Waals surface area contributed by atoms with Gasteiger partial charge in [0.05, 0.1) is 5.02 Å². The summed E-state index contributed by atoms with van der Waals surface area (Å²) in [6, 6.07) is 13.6. The molecule has 0 amide bonds. The number of halogens is 1. The van der Waals surface area contributed by atoms with E-state index in [2.05, 4.69) is 62.5 Å². The summed E-state index contributed by atoms with van der Waals surface area (Å²) in [6.45, 7) is 0.792. The van der Waals surface area contributed by atoms with E-state index in [4.69, 9.17) is 11.6 Å². The van der Waals surface area contributed by atoms with Gasteiger partial charge in [-0.1, -0.05) is 41.9 Å². The van der Waals surface area contributed by atoms with Crippen LogP contribution < -0.4 is 5.32 Å². The highest BCUT2D eigenvalue weighted by Gasteiger charge is 2.25. The summed E-state index contributed by atoms with van der Waals surface area (Å²) in [4.78, 5) is 0. The molecule has 0 unspecified atom stereocenters. The number of hydrogen-bond donors (Lipinski definition) is 1. The SMILES string of the molecule is Clc1c(CNC2CCC(c3ccccc3)CC2)ccn2c(CC3CC3)nnc12. The Labute approximate surface area is 171 Å². The van der Waals surface area contributed by atoms with Gasteiger partial charge in [-0.05, 0) is 67.6 Å². The standard InChI is InChI=1S/C23H27ClN4/c24-22-19(12-13-28-21(14-16-6-7-16)26-27-23(22)28)15-25-20-10-8-18(9-11-20)17-4-2-1-3-5-17/h1-5,12-13,16,18,20,25H,6-11,14-15H2. The molecule has 2 heterocycles. The fraction of sp³-hybridized carbons (Fsp3) is 0.478. The molecule has 2 saturated carbocycles. The minimum atomic E-state index is 0.565. The number of nitrogens with zero attached hydrogens (tertiary/aromatic N) is 3. The Bertz CT molecular complexity index is 940. The van der Waals surface area contributed by atoms with E-state index in [-0.39, 0.29) is 0 Å². The summed E-state index contributed by atoms with van der Waals surface area (Å²) in [5.41, 5.74) is 3.40. The Hall–Kier alpha value is -1.91. The fourth-order valence-corrected chi connectivity index (χ4v) is 4.74. The van der Waals surface area contributed by atoms with Gasteiger partial charge in [-0.25, -0.2) is 0 Å². The van der Waals surface area contributed by atoms with E-state index in [0.29, 0.717) is 12.0 Å². The first-order chi connectivity index (χ1) is 13.8. The van der Waals surface area contributed by atoms with Crippen LogP contribution in [0.3, 0.4) is 0 Å². The average molecular weight is 395 g/mol. The summed E-state index contributed by atoms with van der Waals surface area (Å²) in [5.74, 6) is 2.54. The molecule has 2 fully saturated rings. The lowest BCUT2D eigenvalue weighted by Gasteiger charge is -2.29. The molecule has 0 spiro atoms. The maximum absolute atomic E-state index is 6.66. The number of benzene rings is 1. The highest BCUT2D eigenvalue weighted by atomic mass is 35.5. The molecule has 2 aliphatic rings. The van der Waals surface area contributed by atoms with Crippen molar-refractivity contribution in [2.24, 2.45) is 5.92 Å². The third kappa shape index (κ3) is 3.81. The second-order valence-corrected chi connectivity index (χ2v) is 8.83. The lowest BCUT2D eigenvalue weighted by molar-refractivity contribution is 0.341. The number of nitrogens with one attached hydrogen (secondary N) is 1. The second-order valence-electron chi connectivity index (χ2n) is 8.45. The quantitative estimate of drug-likeness (QED) is 0.628. The molecular weight excluding hydrogens is 368 g/mol. The second kappa shape index (κ2) is 7.84. The Balaban J connectivity index is 1.20. The van der Waals surface area contributed by atoms with Crippen molar-refractivity contribution in [2.75, 3.05) is 0 Å². The minimum absolute atomic E-state index is 0.565. The summed E-state index contributed by atoms with van der Waals surface area (Å²) in [6.07, 6.45) is 10.7. The van der Waals surface area contributed by atoms with Crippen LogP contribution in [0.5, 0.6) is 0 Å². The molecule has 0 radical (unpaired) electrons. The Morgan fingerprint density at radius 1 is 0.964 bits per heavy atom. The highest BCUT2D eigenvalue weighted by molar-refractivity contribution is 6.34. The van der Waals surface area contributed by atoms with Gasteiger partial charge in [-0.15, -0.1) is 10.2 Å². The van der Waals surface area contributed by atoms with E-state index in [0.717, 1.165) is 40.9 Å². The summed E-state index contributed by atoms with van der Waals surface area (Å²) in [7, 11) is 0. The van der Waals surface area contributed by atoms with Crippen molar-refractivity contribution in [3.63, 3.8) is 0 Å². The van der Waals surface area contributed by atoms with Gasteiger partial charge in [-0.3, -0.25) is 4.40 Å². The van der Waals surface area contributed by atoms with E-state index in [9.17, 15) is 0 Å². The van der Waals surface area contributed by atoms with E-state index >= 15 is 0 Å². The zero-order valence-corrected chi connectivity index (χ0v) is 16.9. The Morgan fingerprint density at radius 3 is 2.50 bits per heavy atom. The molecule has 3 aromatic rings. The van der Waals surface area contributed by atoms with Crippen LogP contribution in [0, 0.1) is 5.92 Å². The van der Waals surface area contributed by atoms with Gasteiger partial charge in [0.25, 0.3) is 0 Å². The van der Waals surface area contributed by atoms with Crippen molar-refractivity contribution in [3.05, 3.63) is 64.6 Å². The average Bonchev–Trinajstić information content (AvgIpc) is 3.47. The number of fused-ring (bicyclic) bond motifs is 1. The van der Waals surface area contributed by atoms with Crippen LogP contribution >= 0.6 is 11.6 Å². The number of pyridine rings is 1. The van der Waals surface area contributed by atoms with Crippen LogP contribution in [-0.2, 0) is 13.0 Å². The van der Waals surface area contributed by atoms with E-state index in [1.165, 1.54) is 44.1 Å². The van der Waals surface area contributed by atoms with Crippen LogP contribution in [0.25, 0.3) is 5.65 Å². The van der Waals surface area contributed by atoms with Crippen molar-refractivity contribution >= 4 is 17.2 Å². The predicted molar refractivity (Wildman–Crippen MR) is 113 cm³/mol. The maximum Gasteiger partial charge on any atom is 0.179 e. The fourth-order valence-electron chi connectivity index (χ4n) is 4.48. The smallest absolute Gasteiger partial charge is 0.179 e. The molecule has 2 aromatic heterocycles. The third-order valence-corrected chi connectivity index (χ3v) is 6.83. The monoisotopic (exact) mass is 394 g/mol. The van der Waals surface area contributed by atoms with Gasteiger partial charge in [0.2, 0.25) is 0 Å². The molecule has 5 heteroatoms. The van der Waals surface area contributed by atoms with Gasteiger partial charge in [0.1, 0.15) is 5.82 Å². The molecule has 0 bridgehead atoms. The van der Waals surface area contributed by atoms with E-state index < -0.39 is 0 Å². The zero-order chi connectivity index (χ0) is 18.9. The van der Waals surface area contributed by atoms with Crippen LogP contribution in [-0.4, -0.2) is 20.6 Å². The van der Waals surface area contributed by atoms with Crippen LogP contribution in [0.1, 0.15) is 61.4 Å². The molecule has 0 saturated heterocycles. The van der Waals surface area contributed by atoms with Crippen molar-refractivity contribution in [1.29, 1.82) is 0 Å². The van der Waals surface area contributed by atoms with Crippen molar-refractivity contribution < 1.29 is 0 Å². The van der Waals surface area contributed by atoms with Crippen LogP contribution in [0.15, 0.2) is 42.6 Å². The van der Waals surface area contributed by atoms with Crippen molar-refractivity contribution in [2.45, 2.75) is 63.5 Å². The summed E-state index contributed by atoms with van der Waals surface area (Å²) < 4.78 is 2.06. The number of aromatic nitrogens is 3. The van der Waals surface area contributed by atoms with E-state index in [1.807, 2.05) is 0 Å². The molecule has 0 aliphatic heterocycles. The van der Waals surface area contributed by atoms with Crippen molar-refractivity contribution in [3.8, 4) is 0 Å². The van der Waals surface area contributed by atoms with Gasteiger partial charge in [0, 0.05) is 25.2 Å². The first-order valence-electron chi connectivity index (χ1n) is 10.6. The number of rotatable bonds is 6. The molecule has 2 aliphatic carbocycles. The van der Waals surface area contributed by atoms with Gasteiger partial charge in [0.15, 0.2) is 5.65 Å². The Kier molecular flexibility index (Phi) is 5.08. The van der Waals surface area contributed by atoms with Crippen LogP contribution in [0.4, 0.5) is 0 Å². The molecule has 5 rings (SSSR count).